The molecule has 0 nitrogen and oxygen atoms in total. The van der Waals surface area contributed by atoms with Crippen molar-refractivity contribution < 1.29 is 0 Å². The molecule has 1 saturated carbocycles. The van der Waals surface area contributed by atoms with Gasteiger partial charge in [0.1, 0.15) is 0 Å². The Morgan fingerprint density at radius 3 is 1.04 bits per heavy atom. The molecular weight excluding hydrogens is 350 g/mol. The largest absolute Gasteiger partial charge is 0.0954 e. The highest BCUT2D eigenvalue weighted by molar-refractivity contribution is 7.61. The van der Waals surface area contributed by atoms with Crippen LogP contribution in [-0.4, -0.2) is 32.9 Å². The van der Waals surface area contributed by atoms with Gasteiger partial charge in [0.05, 0.1) is 0 Å². The first-order valence-electron chi connectivity index (χ1n) is 11.0. The fraction of sp³-hybridized carbons (Fsp3) is 1.00. The van der Waals surface area contributed by atoms with Crippen molar-refractivity contribution in [2.75, 3.05) is 12.3 Å². The third-order valence-corrected chi connectivity index (χ3v) is 14.3. The van der Waals surface area contributed by atoms with Gasteiger partial charge in [-0.2, -0.15) is 0 Å². The number of hydrogen-bond donors (Lipinski definition) is 0. The minimum atomic E-state index is 0.0551. The van der Waals surface area contributed by atoms with Crippen LogP contribution in [0.25, 0.3) is 0 Å². The molecular formula is C24H50P2. The van der Waals surface area contributed by atoms with Crippen LogP contribution in [0.4, 0.5) is 0 Å². The molecule has 1 aliphatic rings. The van der Waals surface area contributed by atoms with Gasteiger partial charge in [-0.25, -0.2) is 0 Å². The van der Waals surface area contributed by atoms with Crippen molar-refractivity contribution in [2.24, 2.45) is 11.8 Å². The Bertz CT molecular complexity index is 357. The highest BCUT2D eigenvalue weighted by Gasteiger charge is 2.39. The molecule has 0 radical (unpaired) electrons. The average Bonchev–Trinajstić information content (AvgIpc) is 2.37. The highest BCUT2D eigenvalue weighted by Crippen LogP contribution is 2.63. The Morgan fingerprint density at radius 1 is 0.538 bits per heavy atom. The lowest BCUT2D eigenvalue weighted by Gasteiger charge is -2.46. The van der Waals surface area contributed by atoms with E-state index in [0.717, 1.165) is 11.8 Å². The van der Waals surface area contributed by atoms with Crippen molar-refractivity contribution in [3.05, 3.63) is 0 Å². The summed E-state index contributed by atoms with van der Waals surface area (Å²) >= 11 is 0. The molecule has 2 atom stereocenters. The predicted octanol–water partition coefficient (Wildman–Crippen LogP) is 8.95. The molecule has 0 spiro atoms. The molecule has 2 unspecified atom stereocenters. The van der Waals surface area contributed by atoms with E-state index in [1.807, 2.05) is 0 Å². The molecule has 156 valence electrons. The van der Waals surface area contributed by atoms with Crippen molar-refractivity contribution >= 4 is 15.8 Å². The van der Waals surface area contributed by atoms with Gasteiger partial charge in [0.15, 0.2) is 0 Å². The summed E-state index contributed by atoms with van der Waals surface area (Å²) in [5.41, 5.74) is 0. The second kappa shape index (κ2) is 8.70. The summed E-state index contributed by atoms with van der Waals surface area (Å²) < 4.78 is 0. The van der Waals surface area contributed by atoms with E-state index in [0.29, 0.717) is 20.6 Å². The lowest BCUT2D eigenvalue weighted by molar-refractivity contribution is 0.304. The molecule has 0 aromatic heterocycles. The van der Waals surface area contributed by atoms with E-state index in [9.17, 15) is 0 Å². The van der Waals surface area contributed by atoms with Crippen LogP contribution in [0, 0.1) is 11.8 Å². The molecule has 0 aromatic rings. The van der Waals surface area contributed by atoms with Crippen LogP contribution >= 0.6 is 15.8 Å². The molecule has 0 N–H and O–H groups in total. The first-order valence-corrected chi connectivity index (χ1v) is 14.0. The van der Waals surface area contributed by atoms with Crippen molar-refractivity contribution in [1.29, 1.82) is 0 Å². The minimum Gasteiger partial charge on any atom is -0.0954 e. The van der Waals surface area contributed by atoms with Crippen molar-refractivity contribution in [3.8, 4) is 0 Å². The molecule has 0 aromatic carbocycles. The van der Waals surface area contributed by atoms with Crippen molar-refractivity contribution in [3.63, 3.8) is 0 Å². The van der Waals surface area contributed by atoms with E-state index in [1.165, 1.54) is 38.0 Å². The summed E-state index contributed by atoms with van der Waals surface area (Å²) in [5, 5.41) is 1.90. The topological polar surface area (TPSA) is 0 Å². The van der Waals surface area contributed by atoms with Crippen LogP contribution < -0.4 is 0 Å². The van der Waals surface area contributed by atoms with E-state index in [4.69, 9.17) is 0 Å². The Kier molecular flexibility index (Phi) is 8.33. The quantitative estimate of drug-likeness (QED) is 0.413. The monoisotopic (exact) mass is 400 g/mol. The molecule has 1 rings (SSSR count). The minimum absolute atomic E-state index is 0.0551. The van der Waals surface area contributed by atoms with Crippen molar-refractivity contribution in [1.82, 2.24) is 0 Å². The lowest BCUT2D eigenvalue weighted by atomic mass is 9.83. The van der Waals surface area contributed by atoms with Gasteiger partial charge in [-0.3, -0.25) is 0 Å². The van der Waals surface area contributed by atoms with Crippen LogP contribution in [0.3, 0.4) is 0 Å². The first kappa shape index (κ1) is 24.9. The normalized spacial score (nSPS) is 23.8. The van der Waals surface area contributed by atoms with E-state index in [2.05, 4.69) is 83.1 Å². The van der Waals surface area contributed by atoms with Gasteiger partial charge in [-0.15, -0.1) is 0 Å². The standard InChI is InChI=1S/C24H50P2/c1-21(2,3)25(22(4,5)6)17-19-14-13-15-20(16-19)18-26(23(7,8)9)24(10,11)12/h19-20H,13-18H2,1-12H3. The molecule has 26 heavy (non-hydrogen) atoms. The lowest BCUT2D eigenvalue weighted by Crippen LogP contribution is -2.32. The van der Waals surface area contributed by atoms with Crippen LogP contribution in [0.1, 0.15) is 109 Å². The third-order valence-electron chi connectivity index (χ3n) is 6.01. The summed E-state index contributed by atoms with van der Waals surface area (Å²) in [6, 6.07) is 0. The van der Waals surface area contributed by atoms with Gasteiger partial charge in [0, 0.05) is 0 Å². The summed E-state index contributed by atoms with van der Waals surface area (Å²) in [5.74, 6) is 1.96. The second-order valence-corrected chi connectivity index (χ2v) is 20.6. The van der Waals surface area contributed by atoms with Gasteiger partial charge < -0.3 is 0 Å². The summed E-state index contributed by atoms with van der Waals surface area (Å²) in [7, 11) is 0.110. The molecule has 2 heteroatoms. The summed E-state index contributed by atoms with van der Waals surface area (Å²) in [6.45, 7) is 29.9. The molecule has 0 amide bonds. The Hall–Kier alpha value is 0.860. The fourth-order valence-corrected chi connectivity index (χ4v) is 13.3. The molecule has 1 fully saturated rings. The summed E-state index contributed by atoms with van der Waals surface area (Å²) in [4.78, 5) is 0. The number of hydrogen-bond acceptors (Lipinski definition) is 0. The Labute approximate surface area is 169 Å². The van der Waals surface area contributed by atoms with Gasteiger partial charge in [-0.1, -0.05) is 118 Å². The van der Waals surface area contributed by atoms with Crippen molar-refractivity contribution in [2.45, 2.75) is 129 Å². The van der Waals surface area contributed by atoms with Gasteiger partial charge in [0.25, 0.3) is 0 Å². The van der Waals surface area contributed by atoms with Crippen LogP contribution in [0.5, 0.6) is 0 Å². The van der Waals surface area contributed by atoms with Crippen LogP contribution in [0.2, 0.25) is 0 Å². The van der Waals surface area contributed by atoms with E-state index in [1.54, 1.807) is 0 Å². The summed E-state index contributed by atoms with van der Waals surface area (Å²) in [6.07, 6.45) is 8.97. The van der Waals surface area contributed by atoms with E-state index in [-0.39, 0.29) is 15.8 Å². The zero-order valence-electron chi connectivity index (χ0n) is 20.3. The zero-order chi connectivity index (χ0) is 20.6. The molecule has 0 saturated heterocycles. The molecule has 0 heterocycles. The fourth-order valence-electron chi connectivity index (χ4n) is 5.36. The maximum absolute atomic E-state index is 2.49. The molecule has 1 aliphatic carbocycles. The van der Waals surface area contributed by atoms with Gasteiger partial charge in [0.2, 0.25) is 0 Å². The molecule has 0 bridgehead atoms. The highest BCUT2D eigenvalue weighted by atomic mass is 31.1. The van der Waals surface area contributed by atoms with E-state index < -0.39 is 0 Å². The Balaban J connectivity index is 2.83. The van der Waals surface area contributed by atoms with Crippen LogP contribution in [0.15, 0.2) is 0 Å². The van der Waals surface area contributed by atoms with Gasteiger partial charge in [-0.05, 0) is 51.2 Å². The molecule has 0 aliphatic heterocycles. The predicted molar refractivity (Wildman–Crippen MR) is 128 cm³/mol. The zero-order valence-corrected chi connectivity index (χ0v) is 22.1. The third kappa shape index (κ3) is 7.70. The van der Waals surface area contributed by atoms with E-state index >= 15 is 0 Å². The smallest absolute Gasteiger partial charge is 0.0175 e. The first-order chi connectivity index (χ1) is 11.4. The maximum atomic E-state index is 2.49. The maximum Gasteiger partial charge on any atom is -0.0175 e. The average molecular weight is 401 g/mol. The van der Waals surface area contributed by atoms with Crippen LogP contribution in [-0.2, 0) is 0 Å². The SMILES string of the molecule is CC(C)(C)P(CC1CCCC(CP(C(C)(C)C)C(C)(C)C)C1)C(C)(C)C. The Morgan fingerprint density at radius 2 is 0.808 bits per heavy atom. The second-order valence-electron chi connectivity index (χ2n) is 12.8. The van der Waals surface area contributed by atoms with Gasteiger partial charge >= 0.3 is 0 Å². The number of rotatable bonds is 4.